The fourth-order valence-corrected chi connectivity index (χ4v) is 9.58. The Morgan fingerprint density at radius 1 is 0.279 bits per heavy atom. The van der Waals surface area contributed by atoms with Crippen molar-refractivity contribution in [2.75, 3.05) is 13.2 Å². The third kappa shape index (κ3) is 55.3. The van der Waals surface area contributed by atoms with Crippen LogP contribution in [0.25, 0.3) is 0 Å². The quantitative estimate of drug-likeness (QED) is 0.0343. The van der Waals surface area contributed by atoms with Crippen molar-refractivity contribution in [3.8, 4) is 0 Å². The normalized spacial score (nSPS) is 12.0. The van der Waals surface area contributed by atoms with Gasteiger partial charge in [-0.2, -0.15) is 0 Å². The van der Waals surface area contributed by atoms with E-state index in [0.717, 1.165) is 69.6 Å². The molecule has 0 spiro atoms. The molecule has 0 aliphatic rings. The van der Waals surface area contributed by atoms with Gasteiger partial charge >= 0.3 is 17.9 Å². The van der Waals surface area contributed by atoms with Crippen molar-refractivity contribution in [1.82, 2.24) is 0 Å². The molecule has 0 aromatic heterocycles. The Morgan fingerprint density at radius 2 is 0.485 bits per heavy atom. The zero-order chi connectivity index (χ0) is 49.6. The summed E-state index contributed by atoms with van der Waals surface area (Å²) in [5.74, 6) is 0.841. The minimum absolute atomic E-state index is 0.0623. The number of hydrogen-bond donors (Lipinski definition) is 0. The standard InChI is InChI=1S/C62H120O6/c1-6-7-8-9-10-11-12-13-14-15-16-19-23-28-34-39-44-49-54-62(65)68-59(56-67-61(64)53-48-43-38-33-29-24-26-31-36-41-46-51-58(4)5)55-66-60(63)52-47-42-37-32-27-22-20-17-18-21-25-30-35-40-45-50-57(2)3/h57-59H,6-56H2,1-5H3/t59-/m0/s1. The van der Waals surface area contributed by atoms with Gasteiger partial charge in [0.05, 0.1) is 0 Å². The zero-order valence-corrected chi connectivity index (χ0v) is 46.7. The largest absolute Gasteiger partial charge is 0.462 e. The van der Waals surface area contributed by atoms with Crippen LogP contribution in [0.3, 0.4) is 0 Å². The molecule has 0 bridgehead atoms. The molecule has 0 aliphatic carbocycles. The molecule has 0 unspecified atom stereocenters. The summed E-state index contributed by atoms with van der Waals surface area (Å²) in [5.41, 5.74) is 0. The lowest BCUT2D eigenvalue weighted by Gasteiger charge is -2.18. The lowest BCUT2D eigenvalue weighted by Crippen LogP contribution is -2.30. The summed E-state index contributed by atoms with van der Waals surface area (Å²) in [7, 11) is 0. The van der Waals surface area contributed by atoms with Crippen molar-refractivity contribution < 1.29 is 28.6 Å². The molecule has 0 amide bonds. The summed E-state index contributed by atoms with van der Waals surface area (Å²) in [4.78, 5) is 38.2. The van der Waals surface area contributed by atoms with Gasteiger partial charge in [-0.05, 0) is 31.1 Å². The van der Waals surface area contributed by atoms with E-state index in [4.69, 9.17) is 14.2 Å². The maximum Gasteiger partial charge on any atom is 0.306 e. The number of carbonyl (C=O) groups excluding carboxylic acids is 3. The molecule has 0 fully saturated rings. The highest BCUT2D eigenvalue weighted by atomic mass is 16.6. The van der Waals surface area contributed by atoms with Gasteiger partial charge in [0.15, 0.2) is 6.10 Å². The minimum Gasteiger partial charge on any atom is -0.462 e. The van der Waals surface area contributed by atoms with Crippen molar-refractivity contribution >= 4 is 17.9 Å². The van der Waals surface area contributed by atoms with Crippen molar-refractivity contribution in [3.63, 3.8) is 0 Å². The molecule has 68 heavy (non-hydrogen) atoms. The summed E-state index contributed by atoms with van der Waals surface area (Å²) in [6.07, 6.45) is 59.6. The summed E-state index contributed by atoms with van der Waals surface area (Å²) in [6, 6.07) is 0. The Hall–Kier alpha value is -1.59. The van der Waals surface area contributed by atoms with E-state index in [2.05, 4.69) is 34.6 Å². The van der Waals surface area contributed by atoms with Crippen LogP contribution in [0.15, 0.2) is 0 Å². The molecule has 0 aromatic carbocycles. The second-order valence-electron chi connectivity index (χ2n) is 22.3. The molecular formula is C62H120O6. The summed E-state index contributed by atoms with van der Waals surface area (Å²) in [5, 5.41) is 0. The molecule has 0 radical (unpaired) electrons. The second-order valence-corrected chi connectivity index (χ2v) is 22.3. The van der Waals surface area contributed by atoms with Crippen LogP contribution in [0.2, 0.25) is 0 Å². The van der Waals surface area contributed by atoms with Gasteiger partial charge in [-0.25, -0.2) is 0 Å². The highest BCUT2D eigenvalue weighted by Crippen LogP contribution is 2.19. The van der Waals surface area contributed by atoms with Crippen molar-refractivity contribution in [1.29, 1.82) is 0 Å². The smallest absolute Gasteiger partial charge is 0.306 e. The molecule has 6 nitrogen and oxygen atoms in total. The molecule has 404 valence electrons. The zero-order valence-electron chi connectivity index (χ0n) is 46.7. The first-order valence-electron chi connectivity index (χ1n) is 30.7. The van der Waals surface area contributed by atoms with Crippen LogP contribution in [-0.4, -0.2) is 37.2 Å². The van der Waals surface area contributed by atoms with E-state index in [1.165, 1.54) is 238 Å². The van der Waals surface area contributed by atoms with E-state index in [1.807, 2.05) is 0 Å². The summed E-state index contributed by atoms with van der Waals surface area (Å²) in [6.45, 7) is 11.4. The second kappa shape index (κ2) is 54.7. The number of esters is 3. The van der Waals surface area contributed by atoms with Gasteiger partial charge in [0.2, 0.25) is 0 Å². The monoisotopic (exact) mass is 961 g/mol. The highest BCUT2D eigenvalue weighted by Gasteiger charge is 2.19. The van der Waals surface area contributed by atoms with Gasteiger partial charge in [0.1, 0.15) is 13.2 Å². The topological polar surface area (TPSA) is 78.9 Å². The Labute approximate surface area is 425 Å². The van der Waals surface area contributed by atoms with Gasteiger partial charge in [-0.1, -0.05) is 311 Å². The van der Waals surface area contributed by atoms with Crippen molar-refractivity contribution in [2.45, 2.75) is 355 Å². The van der Waals surface area contributed by atoms with Crippen LogP contribution in [0.1, 0.15) is 349 Å². The third-order valence-electron chi connectivity index (χ3n) is 14.2. The van der Waals surface area contributed by atoms with Crippen LogP contribution in [-0.2, 0) is 28.6 Å². The number of rotatable bonds is 56. The average Bonchev–Trinajstić information content (AvgIpc) is 3.31. The fraction of sp³-hybridized carbons (Fsp3) is 0.952. The van der Waals surface area contributed by atoms with Crippen LogP contribution >= 0.6 is 0 Å². The van der Waals surface area contributed by atoms with Crippen LogP contribution in [0, 0.1) is 11.8 Å². The summed E-state index contributed by atoms with van der Waals surface area (Å²) < 4.78 is 16.9. The number of ether oxygens (including phenoxy) is 3. The lowest BCUT2D eigenvalue weighted by atomic mass is 10.0. The lowest BCUT2D eigenvalue weighted by molar-refractivity contribution is -0.167. The molecule has 1 atom stereocenters. The first kappa shape index (κ1) is 66.4. The maximum absolute atomic E-state index is 12.9. The van der Waals surface area contributed by atoms with Crippen LogP contribution < -0.4 is 0 Å². The SMILES string of the molecule is CCCCCCCCCCCCCCCCCCCCC(=O)O[C@@H](COC(=O)CCCCCCCCCCCCCCCCCC(C)C)COC(=O)CCCCCCCCCCCCCC(C)C. The maximum atomic E-state index is 12.9. The fourth-order valence-electron chi connectivity index (χ4n) is 9.58. The predicted octanol–water partition coefficient (Wildman–Crippen LogP) is 20.4. The van der Waals surface area contributed by atoms with E-state index in [1.54, 1.807) is 0 Å². The van der Waals surface area contributed by atoms with Crippen molar-refractivity contribution in [3.05, 3.63) is 0 Å². The first-order chi connectivity index (χ1) is 33.2. The van der Waals surface area contributed by atoms with Gasteiger partial charge in [-0.3, -0.25) is 14.4 Å². The predicted molar refractivity (Wildman–Crippen MR) is 293 cm³/mol. The van der Waals surface area contributed by atoms with E-state index >= 15 is 0 Å². The molecule has 0 N–H and O–H groups in total. The first-order valence-corrected chi connectivity index (χ1v) is 30.7. The molecule has 6 heteroatoms. The molecule has 0 saturated heterocycles. The molecule has 0 rings (SSSR count). The molecular weight excluding hydrogens is 841 g/mol. The molecule has 0 aliphatic heterocycles. The Bertz CT molecular complexity index is 1040. The number of unbranched alkanes of at least 4 members (excludes halogenated alkanes) is 41. The molecule has 0 saturated carbocycles. The molecule has 0 aromatic rings. The van der Waals surface area contributed by atoms with Crippen LogP contribution in [0.4, 0.5) is 0 Å². The van der Waals surface area contributed by atoms with E-state index in [0.29, 0.717) is 19.3 Å². The van der Waals surface area contributed by atoms with E-state index in [9.17, 15) is 14.4 Å². The Morgan fingerprint density at radius 3 is 0.721 bits per heavy atom. The highest BCUT2D eigenvalue weighted by molar-refractivity contribution is 5.71. The van der Waals surface area contributed by atoms with Gasteiger partial charge < -0.3 is 14.2 Å². The Balaban J connectivity index is 4.28. The number of carbonyl (C=O) groups is 3. The van der Waals surface area contributed by atoms with Crippen molar-refractivity contribution in [2.24, 2.45) is 11.8 Å². The summed E-state index contributed by atoms with van der Waals surface area (Å²) >= 11 is 0. The number of hydrogen-bond acceptors (Lipinski definition) is 6. The minimum atomic E-state index is -0.763. The third-order valence-corrected chi connectivity index (χ3v) is 14.2. The van der Waals surface area contributed by atoms with Gasteiger partial charge in [0, 0.05) is 19.3 Å². The van der Waals surface area contributed by atoms with E-state index < -0.39 is 6.10 Å². The molecule has 0 heterocycles. The van der Waals surface area contributed by atoms with Crippen LogP contribution in [0.5, 0.6) is 0 Å². The van der Waals surface area contributed by atoms with Gasteiger partial charge in [0.25, 0.3) is 0 Å². The Kier molecular flexibility index (Phi) is 53.5. The van der Waals surface area contributed by atoms with Gasteiger partial charge in [-0.15, -0.1) is 0 Å². The average molecular weight is 962 g/mol. The van der Waals surface area contributed by atoms with E-state index in [-0.39, 0.29) is 31.1 Å².